The minimum absolute atomic E-state index is 0.615. The fourth-order valence-electron chi connectivity index (χ4n) is 2.56. The quantitative estimate of drug-likeness (QED) is 0.878. The van der Waals surface area contributed by atoms with Crippen molar-refractivity contribution in [2.75, 3.05) is 26.7 Å². The van der Waals surface area contributed by atoms with Gasteiger partial charge in [-0.25, -0.2) is 4.98 Å². The molecule has 1 aliphatic heterocycles. The number of nitrogens with two attached hydrogens (primary N) is 1. The van der Waals surface area contributed by atoms with Gasteiger partial charge in [0.2, 0.25) is 5.88 Å². The summed E-state index contributed by atoms with van der Waals surface area (Å²) >= 11 is 0. The van der Waals surface area contributed by atoms with Gasteiger partial charge in [-0.05, 0) is 37.4 Å². The summed E-state index contributed by atoms with van der Waals surface area (Å²) in [6.45, 7) is 6.19. The van der Waals surface area contributed by atoms with Gasteiger partial charge in [0.25, 0.3) is 0 Å². The summed E-state index contributed by atoms with van der Waals surface area (Å²) in [6.07, 6.45) is 1.23. The van der Waals surface area contributed by atoms with Gasteiger partial charge in [-0.2, -0.15) is 0 Å². The Morgan fingerprint density at radius 1 is 1.50 bits per heavy atom. The van der Waals surface area contributed by atoms with E-state index in [-0.39, 0.29) is 0 Å². The summed E-state index contributed by atoms with van der Waals surface area (Å²) in [6, 6.07) is 5.93. The molecular formula is C14H23N3O. The second kappa shape index (κ2) is 6.16. The lowest BCUT2D eigenvalue weighted by molar-refractivity contribution is 0.125. The summed E-state index contributed by atoms with van der Waals surface area (Å²) in [5.74, 6) is 2.04. The lowest BCUT2D eigenvalue weighted by atomic mass is 9.87. The highest BCUT2D eigenvalue weighted by atomic mass is 16.5. The summed E-state index contributed by atoms with van der Waals surface area (Å²) < 4.78 is 5.15. The minimum atomic E-state index is 0.615. The molecule has 0 amide bonds. The summed E-state index contributed by atoms with van der Waals surface area (Å²) in [5, 5.41) is 0. The zero-order valence-corrected chi connectivity index (χ0v) is 11.3. The average molecular weight is 249 g/mol. The third-order valence-corrected chi connectivity index (χ3v) is 3.88. The van der Waals surface area contributed by atoms with Crippen LogP contribution in [0, 0.1) is 11.8 Å². The molecule has 4 nitrogen and oxygen atoms in total. The molecule has 100 valence electrons. The number of hydrogen-bond donors (Lipinski definition) is 1. The highest BCUT2D eigenvalue weighted by Gasteiger charge is 2.25. The van der Waals surface area contributed by atoms with E-state index in [1.807, 2.05) is 12.1 Å². The van der Waals surface area contributed by atoms with Crippen LogP contribution in [0.1, 0.15) is 19.0 Å². The highest BCUT2D eigenvalue weighted by Crippen LogP contribution is 2.23. The van der Waals surface area contributed by atoms with Crippen LogP contribution >= 0.6 is 0 Å². The maximum absolute atomic E-state index is 5.83. The monoisotopic (exact) mass is 249 g/mol. The Balaban J connectivity index is 1.96. The van der Waals surface area contributed by atoms with E-state index in [0.29, 0.717) is 11.8 Å². The smallest absolute Gasteiger partial charge is 0.213 e. The van der Waals surface area contributed by atoms with Crippen molar-refractivity contribution < 1.29 is 4.74 Å². The molecule has 2 rings (SSSR count). The first-order valence-corrected chi connectivity index (χ1v) is 6.65. The number of nitrogens with zero attached hydrogens (tertiary/aromatic N) is 2. The van der Waals surface area contributed by atoms with Crippen molar-refractivity contribution in [3.05, 3.63) is 23.9 Å². The predicted molar refractivity (Wildman–Crippen MR) is 72.4 cm³/mol. The lowest BCUT2D eigenvalue weighted by Gasteiger charge is -2.36. The average Bonchev–Trinajstić information content (AvgIpc) is 2.41. The number of methoxy groups -OCH3 is 1. The Morgan fingerprint density at radius 3 is 3.06 bits per heavy atom. The second-order valence-corrected chi connectivity index (χ2v) is 5.17. The maximum atomic E-state index is 5.83. The topological polar surface area (TPSA) is 51.4 Å². The number of rotatable bonds is 4. The summed E-state index contributed by atoms with van der Waals surface area (Å²) in [7, 11) is 1.65. The molecule has 0 radical (unpaired) electrons. The van der Waals surface area contributed by atoms with Crippen molar-refractivity contribution in [1.82, 2.24) is 9.88 Å². The zero-order valence-electron chi connectivity index (χ0n) is 11.3. The van der Waals surface area contributed by atoms with Crippen molar-refractivity contribution in [2.45, 2.75) is 19.9 Å². The number of likely N-dealkylation sites (tertiary alicyclic amines) is 1. The van der Waals surface area contributed by atoms with Gasteiger partial charge in [0.15, 0.2) is 0 Å². The van der Waals surface area contributed by atoms with E-state index >= 15 is 0 Å². The Morgan fingerprint density at radius 2 is 2.33 bits per heavy atom. The maximum Gasteiger partial charge on any atom is 0.213 e. The summed E-state index contributed by atoms with van der Waals surface area (Å²) in [5.41, 5.74) is 6.90. The molecule has 2 atom stereocenters. The predicted octanol–water partition coefficient (Wildman–Crippen LogP) is 1.51. The first-order chi connectivity index (χ1) is 8.72. The van der Waals surface area contributed by atoms with Gasteiger partial charge in [-0.1, -0.05) is 13.0 Å². The lowest BCUT2D eigenvalue weighted by Crippen LogP contribution is -2.42. The largest absolute Gasteiger partial charge is 0.481 e. The molecule has 0 aromatic carbocycles. The molecule has 1 saturated heterocycles. The Labute approximate surface area is 109 Å². The van der Waals surface area contributed by atoms with Gasteiger partial charge >= 0.3 is 0 Å². The molecule has 1 aliphatic rings. The Hall–Kier alpha value is -1.13. The van der Waals surface area contributed by atoms with Crippen molar-refractivity contribution in [3.8, 4) is 5.88 Å². The molecule has 0 spiro atoms. The van der Waals surface area contributed by atoms with Crippen molar-refractivity contribution in [1.29, 1.82) is 0 Å². The van der Waals surface area contributed by atoms with Crippen LogP contribution < -0.4 is 10.5 Å². The number of hydrogen-bond acceptors (Lipinski definition) is 4. The van der Waals surface area contributed by atoms with Crippen LogP contribution in [0.3, 0.4) is 0 Å². The molecule has 1 fully saturated rings. The van der Waals surface area contributed by atoms with Gasteiger partial charge in [0.1, 0.15) is 0 Å². The molecule has 0 saturated carbocycles. The van der Waals surface area contributed by atoms with Crippen molar-refractivity contribution in [2.24, 2.45) is 17.6 Å². The molecule has 1 aromatic rings. The third kappa shape index (κ3) is 3.21. The Bertz CT molecular complexity index is 383. The highest BCUT2D eigenvalue weighted by molar-refractivity contribution is 5.15. The van der Waals surface area contributed by atoms with E-state index in [0.717, 1.165) is 37.8 Å². The molecule has 0 bridgehead atoms. The van der Waals surface area contributed by atoms with Gasteiger partial charge in [0, 0.05) is 19.2 Å². The van der Waals surface area contributed by atoms with Crippen LogP contribution in [0.5, 0.6) is 5.88 Å². The first kappa shape index (κ1) is 13.3. The molecule has 18 heavy (non-hydrogen) atoms. The number of piperidine rings is 1. The second-order valence-electron chi connectivity index (χ2n) is 5.17. The molecule has 2 N–H and O–H groups in total. The fraction of sp³-hybridized carbons (Fsp3) is 0.643. The van der Waals surface area contributed by atoms with Gasteiger partial charge in [-0.15, -0.1) is 0 Å². The molecule has 4 heteroatoms. The van der Waals surface area contributed by atoms with E-state index in [1.54, 1.807) is 7.11 Å². The van der Waals surface area contributed by atoms with E-state index < -0.39 is 0 Å². The van der Waals surface area contributed by atoms with E-state index in [2.05, 4.69) is 22.9 Å². The van der Waals surface area contributed by atoms with Crippen LogP contribution in [0.25, 0.3) is 0 Å². The molecule has 1 aromatic heterocycles. The van der Waals surface area contributed by atoms with Crippen LogP contribution in [0.15, 0.2) is 18.2 Å². The molecule has 2 unspecified atom stereocenters. The number of aromatic nitrogens is 1. The zero-order chi connectivity index (χ0) is 13.0. The fourth-order valence-corrected chi connectivity index (χ4v) is 2.56. The van der Waals surface area contributed by atoms with E-state index in [4.69, 9.17) is 10.5 Å². The van der Waals surface area contributed by atoms with Crippen LogP contribution in [-0.2, 0) is 6.54 Å². The van der Waals surface area contributed by atoms with Crippen molar-refractivity contribution >= 4 is 0 Å². The number of ether oxygens (including phenoxy) is 1. The minimum Gasteiger partial charge on any atom is -0.481 e. The van der Waals surface area contributed by atoms with Crippen LogP contribution in [0.2, 0.25) is 0 Å². The van der Waals surface area contributed by atoms with Gasteiger partial charge in [0.05, 0.1) is 12.8 Å². The Kier molecular flexibility index (Phi) is 4.55. The van der Waals surface area contributed by atoms with Crippen LogP contribution in [-0.4, -0.2) is 36.6 Å². The molecule has 0 aliphatic carbocycles. The molecular weight excluding hydrogens is 226 g/mol. The SMILES string of the molecule is COc1cccc(CN2CCC(C)C(CN)C2)n1. The van der Waals surface area contributed by atoms with Crippen LogP contribution in [0.4, 0.5) is 0 Å². The third-order valence-electron chi connectivity index (χ3n) is 3.88. The van der Waals surface area contributed by atoms with E-state index in [9.17, 15) is 0 Å². The van der Waals surface area contributed by atoms with Crippen molar-refractivity contribution in [3.63, 3.8) is 0 Å². The van der Waals surface area contributed by atoms with Gasteiger partial charge in [-0.3, -0.25) is 4.90 Å². The summed E-state index contributed by atoms with van der Waals surface area (Å²) in [4.78, 5) is 6.90. The first-order valence-electron chi connectivity index (χ1n) is 6.65. The molecule has 2 heterocycles. The van der Waals surface area contributed by atoms with E-state index in [1.165, 1.54) is 6.42 Å². The van der Waals surface area contributed by atoms with Gasteiger partial charge < -0.3 is 10.5 Å². The normalized spacial score (nSPS) is 25.1. The number of pyridine rings is 1. The standard InChI is InChI=1S/C14H23N3O/c1-11-6-7-17(9-12(11)8-15)10-13-4-3-5-14(16-13)18-2/h3-5,11-12H,6-10,15H2,1-2H3.